The van der Waals surface area contributed by atoms with E-state index >= 15 is 0 Å². The number of aliphatic hydroxyl groups excluding tert-OH is 1. The fourth-order valence-electron chi connectivity index (χ4n) is 5.50. The normalized spacial score (nSPS) is 35.4. The molecule has 1 aromatic rings. The molecule has 1 fully saturated rings. The minimum atomic E-state index is -1.80. The van der Waals surface area contributed by atoms with Crippen molar-refractivity contribution in [3.05, 3.63) is 41.5 Å². The van der Waals surface area contributed by atoms with Crippen LogP contribution in [0.4, 0.5) is 0 Å². The van der Waals surface area contributed by atoms with Crippen LogP contribution >= 0.6 is 0 Å². The summed E-state index contributed by atoms with van der Waals surface area (Å²) in [6.45, 7) is 13.8. The summed E-state index contributed by atoms with van der Waals surface area (Å²) < 4.78 is 6.56. The first-order valence-electron chi connectivity index (χ1n) is 10.7. The molecule has 2 nitrogen and oxygen atoms in total. The molecular weight excluding hydrogens is 348 g/mol. The van der Waals surface area contributed by atoms with E-state index in [0.29, 0.717) is 17.8 Å². The van der Waals surface area contributed by atoms with Gasteiger partial charge in [-0.15, -0.1) is 0 Å². The Labute approximate surface area is 166 Å². The Morgan fingerprint density at radius 2 is 1.89 bits per heavy atom. The van der Waals surface area contributed by atoms with Gasteiger partial charge in [-0.2, -0.15) is 0 Å². The smallest absolute Gasteiger partial charge is 0.250 e. The van der Waals surface area contributed by atoms with Gasteiger partial charge in [0, 0.05) is 5.41 Å². The number of benzene rings is 1. The number of rotatable bonds is 2. The van der Waals surface area contributed by atoms with Crippen molar-refractivity contribution in [2.75, 3.05) is 0 Å². The van der Waals surface area contributed by atoms with Crippen LogP contribution in [-0.4, -0.2) is 19.5 Å². The fraction of sp³-hybridized carbons (Fsp3) is 0.667. The Morgan fingerprint density at radius 1 is 1.15 bits per heavy atom. The van der Waals surface area contributed by atoms with E-state index in [9.17, 15) is 5.11 Å². The molecule has 0 spiro atoms. The van der Waals surface area contributed by atoms with Gasteiger partial charge in [0.15, 0.2) is 0 Å². The molecule has 0 radical (unpaired) electrons. The van der Waals surface area contributed by atoms with Crippen LogP contribution in [0.2, 0.25) is 18.1 Å². The van der Waals surface area contributed by atoms with Crippen molar-refractivity contribution in [3.63, 3.8) is 0 Å². The van der Waals surface area contributed by atoms with Crippen LogP contribution in [0.25, 0.3) is 0 Å². The third-order valence-corrected chi connectivity index (χ3v) is 12.7. The Balaban J connectivity index is 1.59. The molecule has 5 atom stereocenters. The summed E-state index contributed by atoms with van der Waals surface area (Å²) in [5.74, 6) is 2.92. The average molecular weight is 385 g/mol. The topological polar surface area (TPSA) is 29.5 Å². The lowest BCUT2D eigenvalue weighted by Crippen LogP contribution is -2.44. The standard InChI is InChI=1S/C24H36O2Si/c1-23(2,3)27(5,6)26-17-8-10-18-16(15-17)7-9-20-19(18)13-14-24(4)21(20)11-12-22(24)25/h8,10-12,15,19-22,25H,7,9,13-14H2,1-6H3/t19?,20?,21?,22-,24-/m0/s1. The van der Waals surface area contributed by atoms with Gasteiger partial charge in [-0.25, -0.2) is 0 Å². The molecule has 3 unspecified atom stereocenters. The predicted octanol–water partition coefficient (Wildman–Crippen LogP) is 6.06. The van der Waals surface area contributed by atoms with Crippen LogP contribution in [0.5, 0.6) is 5.75 Å². The van der Waals surface area contributed by atoms with E-state index in [4.69, 9.17) is 4.43 Å². The maximum Gasteiger partial charge on any atom is 0.250 e. The highest BCUT2D eigenvalue weighted by molar-refractivity contribution is 6.74. The van der Waals surface area contributed by atoms with Gasteiger partial charge in [-0.05, 0) is 84.8 Å². The number of hydrogen-bond acceptors (Lipinski definition) is 2. The van der Waals surface area contributed by atoms with Gasteiger partial charge in [0.2, 0.25) is 8.32 Å². The van der Waals surface area contributed by atoms with E-state index in [1.807, 2.05) is 0 Å². The Bertz CT molecular complexity index is 760. The van der Waals surface area contributed by atoms with Crippen molar-refractivity contribution >= 4 is 8.32 Å². The predicted molar refractivity (Wildman–Crippen MR) is 115 cm³/mol. The number of aryl methyl sites for hydroxylation is 1. The molecule has 27 heavy (non-hydrogen) atoms. The number of hydrogen-bond donors (Lipinski definition) is 1. The van der Waals surface area contributed by atoms with E-state index in [2.05, 4.69) is 71.1 Å². The first kappa shape index (κ1) is 19.3. The van der Waals surface area contributed by atoms with E-state index in [0.717, 1.165) is 18.6 Å². The fourth-order valence-corrected chi connectivity index (χ4v) is 6.52. The van der Waals surface area contributed by atoms with Gasteiger partial charge in [0.1, 0.15) is 5.75 Å². The second-order valence-corrected chi connectivity index (χ2v) is 15.7. The van der Waals surface area contributed by atoms with Crippen molar-refractivity contribution in [2.24, 2.45) is 17.3 Å². The largest absolute Gasteiger partial charge is 0.543 e. The highest BCUT2D eigenvalue weighted by Gasteiger charge is 2.52. The lowest BCUT2D eigenvalue weighted by molar-refractivity contribution is -0.0101. The molecule has 3 aliphatic carbocycles. The molecule has 0 bridgehead atoms. The van der Waals surface area contributed by atoms with E-state index in [-0.39, 0.29) is 16.6 Å². The zero-order chi connectivity index (χ0) is 19.6. The Morgan fingerprint density at radius 3 is 2.59 bits per heavy atom. The van der Waals surface area contributed by atoms with Crippen LogP contribution in [0.3, 0.4) is 0 Å². The van der Waals surface area contributed by atoms with Crippen molar-refractivity contribution in [2.45, 2.75) is 83.5 Å². The van der Waals surface area contributed by atoms with Gasteiger partial charge in [0.05, 0.1) is 6.10 Å². The first-order chi connectivity index (χ1) is 12.5. The molecular formula is C24H36O2Si. The van der Waals surface area contributed by atoms with Crippen LogP contribution in [-0.2, 0) is 6.42 Å². The van der Waals surface area contributed by atoms with Crippen molar-refractivity contribution in [1.29, 1.82) is 0 Å². The summed E-state index contributed by atoms with van der Waals surface area (Å²) in [5.41, 5.74) is 3.11. The van der Waals surface area contributed by atoms with Crippen LogP contribution in [0.15, 0.2) is 30.4 Å². The molecule has 0 aliphatic heterocycles. The van der Waals surface area contributed by atoms with Crippen molar-refractivity contribution < 1.29 is 9.53 Å². The molecule has 4 rings (SSSR count). The number of aliphatic hydroxyl groups is 1. The van der Waals surface area contributed by atoms with Gasteiger partial charge in [-0.3, -0.25) is 0 Å². The van der Waals surface area contributed by atoms with Gasteiger partial charge in [-0.1, -0.05) is 45.9 Å². The zero-order valence-corrected chi connectivity index (χ0v) is 18.9. The van der Waals surface area contributed by atoms with E-state index in [1.54, 1.807) is 5.56 Å². The molecule has 3 aliphatic rings. The zero-order valence-electron chi connectivity index (χ0n) is 17.9. The minimum absolute atomic E-state index is 0.0596. The third-order valence-electron chi connectivity index (χ3n) is 8.35. The minimum Gasteiger partial charge on any atom is -0.543 e. The Kier molecular flexibility index (Phi) is 4.44. The van der Waals surface area contributed by atoms with E-state index in [1.165, 1.54) is 18.4 Å². The maximum absolute atomic E-state index is 10.5. The van der Waals surface area contributed by atoms with Crippen LogP contribution < -0.4 is 4.43 Å². The summed E-state index contributed by atoms with van der Waals surface area (Å²) >= 11 is 0. The van der Waals surface area contributed by atoms with Crippen LogP contribution in [0.1, 0.15) is 64.0 Å². The van der Waals surface area contributed by atoms with E-state index < -0.39 is 8.32 Å². The highest BCUT2D eigenvalue weighted by Crippen LogP contribution is 2.58. The molecule has 0 heterocycles. The van der Waals surface area contributed by atoms with Gasteiger partial charge >= 0.3 is 0 Å². The summed E-state index contributed by atoms with van der Waals surface area (Å²) in [7, 11) is -1.80. The van der Waals surface area contributed by atoms with Gasteiger partial charge in [0.25, 0.3) is 0 Å². The summed E-state index contributed by atoms with van der Waals surface area (Å²) in [6, 6.07) is 6.90. The monoisotopic (exact) mass is 384 g/mol. The summed E-state index contributed by atoms with van der Waals surface area (Å²) in [5, 5.41) is 10.7. The average Bonchev–Trinajstić information content (AvgIpc) is 2.88. The molecule has 0 amide bonds. The lowest BCUT2D eigenvalue weighted by atomic mass is 9.55. The lowest BCUT2D eigenvalue weighted by Gasteiger charge is -2.50. The third kappa shape index (κ3) is 3.02. The number of allylic oxidation sites excluding steroid dienone is 1. The summed E-state index contributed by atoms with van der Waals surface area (Å²) in [4.78, 5) is 0. The molecule has 3 heteroatoms. The second-order valence-electron chi connectivity index (χ2n) is 10.9. The number of fused-ring (bicyclic) bond motifs is 5. The molecule has 0 aromatic heterocycles. The molecule has 1 saturated carbocycles. The molecule has 0 saturated heterocycles. The SMILES string of the molecule is CC(C)(C)[Si](C)(C)Oc1ccc2c(c1)CCC1C2CC[C@@]2(C)C1C=C[C@@H]2O. The first-order valence-corrected chi connectivity index (χ1v) is 13.6. The molecule has 148 valence electrons. The highest BCUT2D eigenvalue weighted by atomic mass is 28.4. The quantitative estimate of drug-likeness (QED) is 0.496. The molecule has 1 N–H and O–H groups in total. The summed E-state index contributed by atoms with van der Waals surface area (Å²) in [6.07, 6.45) is 8.81. The maximum atomic E-state index is 10.5. The Hall–Kier alpha value is -1.06. The van der Waals surface area contributed by atoms with Crippen molar-refractivity contribution in [1.82, 2.24) is 0 Å². The van der Waals surface area contributed by atoms with Crippen LogP contribution in [0, 0.1) is 17.3 Å². The van der Waals surface area contributed by atoms with Crippen molar-refractivity contribution in [3.8, 4) is 5.75 Å². The van der Waals surface area contributed by atoms with Gasteiger partial charge < -0.3 is 9.53 Å². The second kappa shape index (κ2) is 6.22. The molecule has 1 aromatic carbocycles.